The molecule has 4 aromatic rings. The van der Waals surface area contributed by atoms with E-state index < -0.39 is 0 Å². The number of hydrogen-bond acceptors (Lipinski definition) is 2. The number of nitrogens with zero attached hydrogens (tertiary/aromatic N) is 1. The Kier molecular flexibility index (Phi) is 5.59. The standard InChI is InChI=1S/C26H20BrNO/c1-28(22-16-14-20(15-17-22)19-8-3-2-4-9-19)23-11-7-10-21(18-23)26(29)24-12-5-6-13-25(24)27/h2-18H,1H3. The third-order valence-corrected chi connectivity index (χ3v) is 5.67. The number of anilines is 2. The van der Waals surface area contributed by atoms with Crippen LogP contribution in [0.2, 0.25) is 0 Å². The van der Waals surface area contributed by atoms with Crippen LogP contribution in [-0.4, -0.2) is 12.8 Å². The van der Waals surface area contributed by atoms with Crippen molar-refractivity contribution < 1.29 is 4.79 Å². The summed E-state index contributed by atoms with van der Waals surface area (Å²) in [5.41, 5.74) is 5.75. The Morgan fingerprint density at radius 2 is 1.34 bits per heavy atom. The molecule has 142 valence electrons. The Morgan fingerprint density at radius 1 is 0.690 bits per heavy atom. The first-order chi connectivity index (χ1) is 14.1. The fourth-order valence-electron chi connectivity index (χ4n) is 3.31. The van der Waals surface area contributed by atoms with Crippen LogP contribution in [0, 0.1) is 0 Å². The molecule has 0 N–H and O–H groups in total. The molecule has 2 nitrogen and oxygen atoms in total. The molecule has 0 bridgehead atoms. The molecular weight excluding hydrogens is 422 g/mol. The second kappa shape index (κ2) is 8.46. The molecule has 0 heterocycles. The molecule has 0 aromatic heterocycles. The molecule has 0 fully saturated rings. The van der Waals surface area contributed by atoms with Crippen molar-refractivity contribution in [3.05, 3.63) is 119 Å². The lowest BCUT2D eigenvalue weighted by Crippen LogP contribution is -2.10. The summed E-state index contributed by atoms with van der Waals surface area (Å²) in [7, 11) is 2.01. The van der Waals surface area contributed by atoms with Gasteiger partial charge in [-0.2, -0.15) is 0 Å². The van der Waals surface area contributed by atoms with E-state index in [2.05, 4.69) is 57.2 Å². The van der Waals surface area contributed by atoms with E-state index in [0.717, 1.165) is 15.8 Å². The molecule has 4 rings (SSSR count). The molecule has 0 saturated heterocycles. The van der Waals surface area contributed by atoms with Gasteiger partial charge in [-0.3, -0.25) is 4.79 Å². The van der Waals surface area contributed by atoms with Gasteiger partial charge in [0.05, 0.1) is 0 Å². The van der Waals surface area contributed by atoms with Crippen LogP contribution < -0.4 is 4.90 Å². The topological polar surface area (TPSA) is 20.3 Å². The number of rotatable bonds is 5. The van der Waals surface area contributed by atoms with Gasteiger partial charge < -0.3 is 4.90 Å². The van der Waals surface area contributed by atoms with Crippen molar-refractivity contribution in [3.8, 4) is 11.1 Å². The summed E-state index contributed by atoms with van der Waals surface area (Å²) in [4.78, 5) is 15.0. The van der Waals surface area contributed by atoms with E-state index in [0.29, 0.717) is 11.1 Å². The Morgan fingerprint density at radius 3 is 2.07 bits per heavy atom. The predicted octanol–water partition coefficient (Wildman–Crippen LogP) is 7.12. The van der Waals surface area contributed by atoms with Crippen LogP contribution in [0.3, 0.4) is 0 Å². The largest absolute Gasteiger partial charge is 0.345 e. The number of benzene rings is 4. The van der Waals surface area contributed by atoms with Crippen molar-refractivity contribution >= 4 is 33.1 Å². The maximum Gasteiger partial charge on any atom is 0.194 e. The summed E-state index contributed by atoms with van der Waals surface area (Å²) in [6.45, 7) is 0. The van der Waals surface area contributed by atoms with Crippen LogP contribution in [-0.2, 0) is 0 Å². The molecule has 0 aliphatic rings. The third-order valence-electron chi connectivity index (χ3n) is 4.98. The van der Waals surface area contributed by atoms with Crippen molar-refractivity contribution in [3.63, 3.8) is 0 Å². The Balaban J connectivity index is 1.60. The smallest absolute Gasteiger partial charge is 0.194 e. The highest BCUT2D eigenvalue weighted by molar-refractivity contribution is 9.10. The van der Waals surface area contributed by atoms with E-state index in [9.17, 15) is 4.79 Å². The zero-order chi connectivity index (χ0) is 20.2. The minimum atomic E-state index is 0.00662. The fourth-order valence-corrected chi connectivity index (χ4v) is 3.78. The number of halogens is 1. The van der Waals surface area contributed by atoms with Crippen LogP contribution in [0.15, 0.2) is 108 Å². The molecule has 0 amide bonds. The number of carbonyl (C=O) groups is 1. The first-order valence-corrected chi connectivity index (χ1v) is 10.2. The maximum absolute atomic E-state index is 12.9. The highest BCUT2D eigenvalue weighted by Crippen LogP contribution is 2.28. The van der Waals surface area contributed by atoms with Crippen LogP contribution >= 0.6 is 15.9 Å². The van der Waals surface area contributed by atoms with Gasteiger partial charge in [0, 0.05) is 34.0 Å². The van der Waals surface area contributed by atoms with Crippen LogP contribution in [0.25, 0.3) is 11.1 Å². The molecule has 0 aliphatic carbocycles. The quantitative estimate of drug-likeness (QED) is 0.307. The highest BCUT2D eigenvalue weighted by Gasteiger charge is 2.14. The lowest BCUT2D eigenvalue weighted by molar-refractivity contribution is 0.103. The molecule has 0 saturated carbocycles. The SMILES string of the molecule is CN(c1ccc(-c2ccccc2)cc1)c1cccc(C(=O)c2ccccc2Br)c1. The Hall–Kier alpha value is -3.17. The Bertz CT molecular complexity index is 1140. The van der Waals surface area contributed by atoms with Crippen molar-refractivity contribution in [1.82, 2.24) is 0 Å². The summed E-state index contributed by atoms with van der Waals surface area (Å²) in [5, 5.41) is 0. The zero-order valence-electron chi connectivity index (χ0n) is 16.0. The van der Waals surface area contributed by atoms with Crippen LogP contribution in [0.1, 0.15) is 15.9 Å². The van der Waals surface area contributed by atoms with E-state index in [4.69, 9.17) is 0 Å². The van der Waals surface area contributed by atoms with Gasteiger partial charge in [0.1, 0.15) is 0 Å². The monoisotopic (exact) mass is 441 g/mol. The summed E-state index contributed by atoms with van der Waals surface area (Å²) in [6.07, 6.45) is 0. The van der Waals surface area contributed by atoms with Gasteiger partial charge in [0.15, 0.2) is 5.78 Å². The van der Waals surface area contributed by atoms with Gasteiger partial charge in [-0.25, -0.2) is 0 Å². The van der Waals surface area contributed by atoms with Gasteiger partial charge in [-0.15, -0.1) is 0 Å². The third kappa shape index (κ3) is 4.15. The molecule has 4 aromatic carbocycles. The van der Waals surface area contributed by atoms with Crippen molar-refractivity contribution in [2.24, 2.45) is 0 Å². The lowest BCUT2D eigenvalue weighted by atomic mass is 10.0. The summed E-state index contributed by atoms with van der Waals surface area (Å²) in [6, 6.07) is 34.0. The predicted molar refractivity (Wildman–Crippen MR) is 124 cm³/mol. The minimum absolute atomic E-state index is 0.00662. The normalized spacial score (nSPS) is 10.6. The van der Waals surface area contributed by atoms with Gasteiger partial charge in [0.2, 0.25) is 0 Å². The molecular formula is C26H20BrNO. The number of ketones is 1. The van der Waals surface area contributed by atoms with E-state index >= 15 is 0 Å². The van der Waals surface area contributed by atoms with Gasteiger partial charge in [-0.1, -0.05) is 82.7 Å². The molecule has 29 heavy (non-hydrogen) atoms. The summed E-state index contributed by atoms with van der Waals surface area (Å²) >= 11 is 3.47. The average Bonchev–Trinajstić information content (AvgIpc) is 2.79. The second-order valence-corrected chi connectivity index (χ2v) is 7.69. The van der Waals surface area contributed by atoms with Crippen LogP contribution in [0.4, 0.5) is 11.4 Å². The highest BCUT2D eigenvalue weighted by atomic mass is 79.9. The first kappa shape index (κ1) is 19.2. The summed E-state index contributed by atoms with van der Waals surface area (Å²) < 4.78 is 0.806. The lowest BCUT2D eigenvalue weighted by Gasteiger charge is -2.20. The van der Waals surface area contributed by atoms with Gasteiger partial charge >= 0.3 is 0 Å². The van der Waals surface area contributed by atoms with Crippen molar-refractivity contribution in [2.45, 2.75) is 0 Å². The molecule has 0 unspecified atom stereocenters. The summed E-state index contributed by atoms with van der Waals surface area (Å²) in [5.74, 6) is 0.00662. The number of hydrogen-bond donors (Lipinski definition) is 0. The average molecular weight is 442 g/mol. The van der Waals surface area contributed by atoms with E-state index in [1.54, 1.807) is 0 Å². The van der Waals surface area contributed by atoms with E-state index in [1.165, 1.54) is 11.1 Å². The number of carbonyl (C=O) groups excluding carboxylic acids is 1. The van der Waals surface area contributed by atoms with Gasteiger partial charge in [-0.05, 0) is 47.5 Å². The molecule has 0 aliphatic heterocycles. The molecule has 0 radical (unpaired) electrons. The Labute approximate surface area is 179 Å². The van der Waals surface area contributed by atoms with Crippen molar-refractivity contribution in [2.75, 3.05) is 11.9 Å². The fraction of sp³-hybridized carbons (Fsp3) is 0.0385. The van der Waals surface area contributed by atoms with Crippen molar-refractivity contribution in [1.29, 1.82) is 0 Å². The molecule has 0 atom stereocenters. The minimum Gasteiger partial charge on any atom is -0.345 e. The maximum atomic E-state index is 12.9. The second-order valence-electron chi connectivity index (χ2n) is 6.83. The zero-order valence-corrected chi connectivity index (χ0v) is 17.6. The van der Waals surface area contributed by atoms with E-state index in [1.807, 2.05) is 73.8 Å². The molecule has 3 heteroatoms. The van der Waals surface area contributed by atoms with Gasteiger partial charge in [0.25, 0.3) is 0 Å². The first-order valence-electron chi connectivity index (χ1n) is 9.42. The van der Waals surface area contributed by atoms with E-state index in [-0.39, 0.29) is 5.78 Å². The molecule has 0 spiro atoms. The van der Waals surface area contributed by atoms with Crippen LogP contribution in [0.5, 0.6) is 0 Å².